The lowest BCUT2D eigenvalue weighted by molar-refractivity contribution is -0.141. The number of rotatable bonds is 3. The molecule has 0 saturated heterocycles. The first-order valence-electron chi connectivity index (χ1n) is 5.62. The van der Waals surface area contributed by atoms with Crippen LogP contribution >= 0.6 is 0 Å². The summed E-state index contributed by atoms with van der Waals surface area (Å²) >= 11 is 0. The van der Waals surface area contributed by atoms with Gasteiger partial charge < -0.3 is 10.4 Å². The maximum atomic E-state index is 11.8. The molecular formula is C11H15N3O3. The molecule has 0 spiro atoms. The third-order valence-electron chi connectivity index (χ3n) is 3.11. The summed E-state index contributed by atoms with van der Waals surface area (Å²) in [4.78, 5) is 22.6. The van der Waals surface area contributed by atoms with E-state index in [0.717, 1.165) is 5.69 Å². The third kappa shape index (κ3) is 2.64. The summed E-state index contributed by atoms with van der Waals surface area (Å²) < 4.78 is 0. The Morgan fingerprint density at radius 3 is 2.71 bits per heavy atom. The molecule has 17 heavy (non-hydrogen) atoms. The van der Waals surface area contributed by atoms with E-state index in [0.29, 0.717) is 25.1 Å². The highest BCUT2D eigenvalue weighted by molar-refractivity contribution is 5.92. The van der Waals surface area contributed by atoms with E-state index in [4.69, 9.17) is 5.11 Å². The first-order chi connectivity index (χ1) is 8.06. The zero-order valence-corrected chi connectivity index (χ0v) is 9.56. The summed E-state index contributed by atoms with van der Waals surface area (Å²) in [6, 6.07) is 1.74. The molecule has 2 unspecified atom stereocenters. The molecule has 0 aromatic carbocycles. The summed E-state index contributed by atoms with van der Waals surface area (Å²) in [6.45, 7) is 1.85. The van der Waals surface area contributed by atoms with Crippen molar-refractivity contribution in [2.75, 3.05) is 5.32 Å². The fourth-order valence-electron chi connectivity index (χ4n) is 2.15. The predicted molar refractivity (Wildman–Crippen MR) is 60.4 cm³/mol. The van der Waals surface area contributed by atoms with Crippen LogP contribution in [0.5, 0.6) is 0 Å². The van der Waals surface area contributed by atoms with Gasteiger partial charge in [0.05, 0.1) is 5.92 Å². The summed E-state index contributed by atoms with van der Waals surface area (Å²) in [5, 5.41) is 18.2. The molecule has 1 aromatic rings. The molecule has 1 aromatic heterocycles. The molecule has 0 radical (unpaired) electrons. The zero-order valence-electron chi connectivity index (χ0n) is 9.56. The van der Waals surface area contributed by atoms with Gasteiger partial charge in [-0.25, -0.2) is 0 Å². The number of carboxylic acid groups (broad SMARTS) is 1. The number of hydrogen-bond donors (Lipinski definition) is 3. The second kappa shape index (κ2) is 4.57. The van der Waals surface area contributed by atoms with E-state index in [1.807, 2.05) is 6.92 Å². The van der Waals surface area contributed by atoms with Crippen LogP contribution in [0.2, 0.25) is 0 Å². The van der Waals surface area contributed by atoms with Gasteiger partial charge in [0, 0.05) is 17.7 Å². The van der Waals surface area contributed by atoms with Crippen LogP contribution in [-0.4, -0.2) is 27.2 Å². The van der Waals surface area contributed by atoms with Crippen LogP contribution in [0.3, 0.4) is 0 Å². The standard InChI is InChI=1S/C11H15N3O3/c1-6-4-9(14-13-6)12-10(15)7-2-3-8(5-7)11(16)17/h4,7-8H,2-3,5H2,1H3,(H,16,17)(H2,12,13,14,15). The Bertz CT molecular complexity index is 441. The van der Waals surface area contributed by atoms with E-state index in [1.54, 1.807) is 6.07 Å². The highest BCUT2D eigenvalue weighted by Crippen LogP contribution is 2.31. The number of aromatic amines is 1. The smallest absolute Gasteiger partial charge is 0.306 e. The number of nitrogens with one attached hydrogen (secondary N) is 2. The lowest BCUT2D eigenvalue weighted by Crippen LogP contribution is -2.21. The van der Waals surface area contributed by atoms with Crippen molar-refractivity contribution in [1.82, 2.24) is 10.2 Å². The fourth-order valence-corrected chi connectivity index (χ4v) is 2.15. The summed E-state index contributed by atoms with van der Waals surface area (Å²) in [5.74, 6) is -1.05. The lowest BCUT2D eigenvalue weighted by atomic mass is 10.0. The van der Waals surface area contributed by atoms with Crippen LogP contribution in [0.25, 0.3) is 0 Å². The van der Waals surface area contributed by atoms with Gasteiger partial charge in [-0.15, -0.1) is 0 Å². The quantitative estimate of drug-likeness (QED) is 0.735. The molecule has 2 atom stereocenters. The van der Waals surface area contributed by atoms with Crippen LogP contribution in [-0.2, 0) is 9.59 Å². The number of anilines is 1. The van der Waals surface area contributed by atoms with Gasteiger partial charge >= 0.3 is 5.97 Å². The molecule has 0 bridgehead atoms. The van der Waals surface area contributed by atoms with Crippen molar-refractivity contribution in [3.05, 3.63) is 11.8 Å². The monoisotopic (exact) mass is 237 g/mol. The van der Waals surface area contributed by atoms with Crippen LogP contribution in [0.1, 0.15) is 25.0 Å². The maximum Gasteiger partial charge on any atom is 0.306 e. The topological polar surface area (TPSA) is 95.1 Å². The highest BCUT2D eigenvalue weighted by Gasteiger charge is 2.33. The van der Waals surface area contributed by atoms with Gasteiger partial charge in [-0.1, -0.05) is 0 Å². The Morgan fingerprint density at radius 2 is 2.18 bits per heavy atom. The number of aryl methyl sites for hydroxylation is 1. The van der Waals surface area contributed by atoms with Crippen LogP contribution < -0.4 is 5.32 Å². The summed E-state index contributed by atoms with van der Waals surface area (Å²) in [6.07, 6.45) is 1.63. The van der Waals surface area contributed by atoms with Crippen LogP contribution in [0, 0.1) is 18.8 Å². The molecule has 1 amide bonds. The van der Waals surface area contributed by atoms with Crippen molar-refractivity contribution in [1.29, 1.82) is 0 Å². The molecule has 6 heteroatoms. The molecule has 1 aliphatic carbocycles. The summed E-state index contributed by atoms with van der Waals surface area (Å²) in [7, 11) is 0. The van der Waals surface area contributed by atoms with Gasteiger partial charge in [0.15, 0.2) is 5.82 Å². The van der Waals surface area contributed by atoms with Crippen LogP contribution in [0.15, 0.2) is 6.07 Å². The molecule has 1 saturated carbocycles. The van der Waals surface area contributed by atoms with Crippen LogP contribution in [0.4, 0.5) is 5.82 Å². The Balaban J connectivity index is 1.91. The number of aliphatic carboxylic acids is 1. The molecule has 2 rings (SSSR count). The molecule has 3 N–H and O–H groups in total. The van der Waals surface area contributed by atoms with E-state index < -0.39 is 5.97 Å². The molecule has 1 fully saturated rings. The fraction of sp³-hybridized carbons (Fsp3) is 0.545. The van der Waals surface area contributed by atoms with Crippen molar-refractivity contribution in [2.45, 2.75) is 26.2 Å². The lowest BCUT2D eigenvalue weighted by Gasteiger charge is -2.08. The molecular weight excluding hydrogens is 222 g/mol. The normalized spacial score (nSPS) is 23.6. The summed E-state index contributed by atoms with van der Waals surface area (Å²) in [5.41, 5.74) is 0.870. The van der Waals surface area contributed by atoms with Gasteiger partial charge in [0.25, 0.3) is 0 Å². The van der Waals surface area contributed by atoms with E-state index in [-0.39, 0.29) is 17.7 Å². The van der Waals surface area contributed by atoms with Gasteiger partial charge in [-0.05, 0) is 26.2 Å². The predicted octanol–water partition coefficient (Wildman–Crippen LogP) is 1.16. The Morgan fingerprint density at radius 1 is 1.47 bits per heavy atom. The van der Waals surface area contributed by atoms with E-state index >= 15 is 0 Å². The average molecular weight is 237 g/mol. The number of carbonyl (C=O) groups is 2. The minimum absolute atomic E-state index is 0.139. The average Bonchev–Trinajstić information content (AvgIpc) is 2.86. The molecule has 0 aliphatic heterocycles. The second-order valence-electron chi connectivity index (χ2n) is 4.47. The van der Waals surface area contributed by atoms with E-state index in [2.05, 4.69) is 15.5 Å². The van der Waals surface area contributed by atoms with Gasteiger partial charge in [0.2, 0.25) is 5.91 Å². The number of hydrogen-bond acceptors (Lipinski definition) is 3. The molecule has 92 valence electrons. The van der Waals surface area contributed by atoms with Crippen molar-refractivity contribution >= 4 is 17.7 Å². The number of carbonyl (C=O) groups excluding carboxylic acids is 1. The number of amides is 1. The Kier molecular flexibility index (Phi) is 3.12. The van der Waals surface area contributed by atoms with Crippen molar-refractivity contribution < 1.29 is 14.7 Å². The molecule has 1 heterocycles. The Labute approximate surface area is 98.4 Å². The third-order valence-corrected chi connectivity index (χ3v) is 3.11. The first-order valence-corrected chi connectivity index (χ1v) is 5.62. The Hall–Kier alpha value is -1.85. The van der Waals surface area contributed by atoms with Gasteiger partial charge in [-0.2, -0.15) is 5.10 Å². The van der Waals surface area contributed by atoms with Crippen molar-refractivity contribution in [2.24, 2.45) is 11.8 Å². The maximum absolute atomic E-state index is 11.8. The zero-order chi connectivity index (χ0) is 12.4. The number of H-pyrrole nitrogens is 1. The SMILES string of the molecule is Cc1cc(NC(=O)C2CCC(C(=O)O)C2)n[nH]1. The molecule has 6 nitrogen and oxygen atoms in total. The minimum Gasteiger partial charge on any atom is -0.481 e. The number of nitrogens with zero attached hydrogens (tertiary/aromatic N) is 1. The molecule has 1 aliphatic rings. The van der Waals surface area contributed by atoms with Gasteiger partial charge in [-0.3, -0.25) is 14.7 Å². The van der Waals surface area contributed by atoms with Crippen molar-refractivity contribution in [3.63, 3.8) is 0 Å². The largest absolute Gasteiger partial charge is 0.481 e. The number of aromatic nitrogens is 2. The number of carboxylic acids is 1. The first kappa shape index (κ1) is 11.6. The highest BCUT2D eigenvalue weighted by atomic mass is 16.4. The second-order valence-corrected chi connectivity index (χ2v) is 4.47. The van der Waals surface area contributed by atoms with E-state index in [9.17, 15) is 9.59 Å². The van der Waals surface area contributed by atoms with E-state index in [1.165, 1.54) is 0 Å². The van der Waals surface area contributed by atoms with Crippen molar-refractivity contribution in [3.8, 4) is 0 Å². The van der Waals surface area contributed by atoms with Gasteiger partial charge in [0.1, 0.15) is 0 Å². The minimum atomic E-state index is -0.809.